The van der Waals surface area contributed by atoms with Crippen molar-refractivity contribution in [1.82, 2.24) is 20.1 Å². The Hall–Kier alpha value is -2.12. The third-order valence-corrected chi connectivity index (χ3v) is 4.54. The monoisotopic (exact) mass is 346 g/mol. The van der Waals surface area contributed by atoms with E-state index in [9.17, 15) is 0 Å². The third kappa shape index (κ3) is 4.29. The van der Waals surface area contributed by atoms with E-state index in [-0.39, 0.29) is 6.10 Å². The van der Waals surface area contributed by atoms with Gasteiger partial charge in [-0.05, 0) is 18.9 Å². The number of ether oxygens (including phenoxy) is 3. The molecule has 2 aromatic heterocycles. The van der Waals surface area contributed by atoms with Crippen LogP contribution in [0, 0.1) is 5.92 Å². The summed E-state index contributed by atoms with van der Waals surface area (Å²) in [5.74, 6) is 1.57. The molecule has 136 valence electrons. The summed E-state index contributed by atoms with van der Waals surface area (Å²) >= 11 is 0. The molecule has 1 aliphatic heterocycles. The topological polar surface area (TPSA) is 70.4 Å². The molecule has 1 saturated heterocycles. The quantitative estimate of drug-likeness (QED) is 0.828. The van der Waals surface area contributed by atoms with Crippen LogP contribution < -0.4 is 14.8 Å². The SMILES string of the molecule is COc1ccc(CNC[C@@H]2CCCO[C@H]2c2cnn(C)c2)c(OC)n1. The van der Waals surface area contributed by atoms with E-state index in [2.05, 4.69) is 15.4 Å². The molecule has 3 rings (SSSR count). The van der Waals surface area contributed by atoms with Crippen molar-refractivity contribution in [2.75, 3.05) is 27.4 Å². The summed E-state index contributed by atoms with van der Waals surface area (Å²) < 4.78 is 18.3. The highest BCUT2D eigenvalue weighted by molar-refractivity contribution is 5.30. The molecule has 2 atom stereocenters. The van der Waals surface area contributed by atoms with Crippen LogP contribution in [0.1, 0.15) is 30.1 Å². The summed E-state index contributed by atoms with van der Waals surface area (Å²) in [6.07, 6.45) is 6.28. The summed E-state index contributed by atoms with van der Waals surface area (Å²) in [5, 5.41) is 7.79. The van der Waals surface area contributed by atoms with Crippen molar-refractivity contribution in [2.45, 2.75) is 25.5 Å². The van der Waals surface area contributed by atoms with Crippen LogP contribution in [0.15, 0.2) is 24.5 Å². The predicted octanol–water partition coefficient (Wildman–Crippen LogP) is 2.09. The Morgan fingerprint density at radius 3 is 2.92 bits per heavy atom. The lowest BCUT2D eigenvalue weighted by molar-refractivity contribution is -0.0279. The summed E-state index contributed by atoms with van der Waals surface area (Å²) in [6.45, 7) is 2.37. The minimum atomic E-state index is 0.103. The van der Waals surface area contributed by atoms with E-state index in [1.54, 1.807) is 14.2 Å². The van der Waals surface area contributed by atoms with Crippen molar-refractivity contribution < 1.29 is 14.2 Å². The van der Waals surface area contributed by atoms with Crippen molar-refractivity contribution in [3.8, 4) is 11.8 Å². The second-order valence-corrected chi connectivity index (χ2v) is 6.29. The highest BCUT2D eigenvalue weighted by atomic mass is 16.5. The molecule has 0 aromatic carbocycles. The van der Waals surface area contributed by atoms with E-state index < -0.39 is 0 Å². The number of nitrogens with one attached hydrogen (secondary N) is 1. The van der Waals surface area contributed by atoms with Gasteiger partial charge in [0.2, 0.25) is 11.8 Å². The molecule has 3 heterocycles. The molecule has 0 radical (unpaired) electrons. The molecule has 0 aliphatic carbocycles. The lowest BCUT2D eigenvalue weighted by atomic mass is 9.91. The number of methoxy groups -OCH3 is 2. The standard InChI is InChI=1S/C18H26N4O3/c1-22-12-15(11-20-22)17-13(5-4-8-25-17)9-19-10-14-6-7-16(23-2)21-18(14)24-3/h6-7,11-13,17,19H,4-5,8-10H2,1-3H3/t13-,17+/m0/s1. The predicted molar refractivity (Wildman–Crippen MR) is 93.7 cm³/mol. The van der Waals surface area contributed by atoms with Crippen LogP contribution in [-0.4, -0.2) is 42.1 Å². The lowest BCUT2D eigenvalue weighted by Gasteiger charge is -2.31. The van der Waals surface area contributed by atoms with Crippen LogP contribution in [-0.2, 0) is 18.3 Å². The van der Waals surface area contributed by atoms with Crippen LogP contribution in [0.2, 0.25) is 0 Å². The Labute approximate surface area is 148 Å². The molecule has 0 spiro atoms. The Morgan fingerprint density at radius 2 is 2.20 bits per heavy atom. The van der Waals surface area contributed by atoms with E-state index in [1.165, 1.54) is 0 Å². The van der Waals surface area contributed by atoms with Gasteiger partial charge in [-0.3, -0.25) is 4.68 Å². The van der Waals surface area contributed by atoms with Gasteiger partial charge in [-0.15, -0.1) is 0 Å². The molecule has 1 aliphatic rings. The van der Waals surface area contributed by atoms with Gasteiger partial charge in [-0.2, -0.15) is 10.1 Å². The van der Waals surface area contributed by atoms with Gasteiger partial charge in [0.1, 0.15) is 0 Å². The number of nitrogens with zero attached hydrogens (tertiary/aromatic N) is 3. The molecular formula is C18H26N4O3. The fourth-order valence-corrected chi connectivity index (χ4v) is 3.28. The number of hydrogen-bond acceptors (Lipinski definition) is 6. The van der Waals surface area contributed by atoms with Gasteiger partial charge < -0.3 is 19.5 Å². The Balaban J connectivity index is 1.60. The van der Waals surface area contributed by atoms with Crippen molar-refractivity contribution >= 4 is 0 Å². The van der Waals surface area contributed by atoms with Gasteiger partial charge in [0.05, 0.1) is 26.5 Å². The largest absolute Gasteiger partial charge is 0.481 e. The van der Waals surface area contributed by atoms with Gasteiger partial charge >= 0.3 is 0 Å². The Bertz CT molecular complexity index is 689. The minimum Gasteiger partial charge on any atom is -0.481 e. The normalized spacial score (nSPS) is 20.4. The van der Waals surface area contributed by atoms with E-state index in [0.717, 1.165) is 37.1 Å². The van der Waals surface area contributed by atoms with Crippen molar-refractivity contribution in [2.24, 2.45) is 13.0 Å². The maximum Gasteiger partial charge on any atom is 0.220 e. The number of rotatable bonds is 7. The van der Waals surface area contributed by atoms with Crippen molar-refractivity contribution in [3.05, 3.63) is 35.7 Å². The van der Waals surface area contributed by atoms with E-state index in [4.69, 9.17) is 14.2 Å². The van der Waals surface area contributed by atoms with E-state index in [0.29, 0.717) is 24.2 Å². The van der Waals surface area contributed by atoms with Gasteiger partial charge in [-0.1, -0.05) is 0 Å². The fraction of sp³-hybridized carbons (Fsp3) is 0.556. The summed E-state index contributed by atoms with van der Waals surface area (Å²) in [5.41, 5.74) is 2.16. The Kier molecular flexibility index (Phi) is 5.88. The van der Waals surface area contributed by atoms with Gasteiger partial charge in [0.15, 0.2) is 0 Å². The van der Waals surface area contributed by atoms with Crippen LogP contribution in [0.25, 0.3) is 0 Å². The average Bonchev–Trinajstić information content (AvgIpc) is 3.08. The molecule has 1 N–H and O–H groups in total. The first-order valence-corrected chi connectivity index (χ1v) is 8.60. The molecule has 0 bridgehead atoms. The number of aryl methyl sites for hydroxylation is 1. The first-order chi connectivity index (χ1) is 12.2. The zero-order valence-electron chi connectivity index (χ0n) is 15.1. The van der Waals surface area contributed by atoms with Crippen LogP contribution >= 0.6 is 0 Å². The highest BCUT2D eigenvalue weighted by Gasteiger charge is 2.28. The lowest BCUT2D eigenvalue weighted by Crippen LogP contribution is -2.31. The number of aromatic nitrogens is 3. The summed E-state index contributed by atoms with van der Waals surface area (Å²) in [4.78, 5) is 4.32. The number of pyridine rings is 1. The third-order valence-electron chi connectivity index (χ3n) is 4.54. The average molecular weight is 346 g/mol. The molecule has 7 heteroatoms. The van der Waals surface area contributed by atoms with E-state index >= 15 is 0 Å². The van der Waals surface area contributed by atoms with Gasteiger partial charge in [-0.25, -0.2) is 0 Å². The van der Waals surface area contributed by atoms with Crippen LogP contribution in [0.3, 0.4) is 0 Å². The summed E-state index contributed by atoms with van der Waals surface area (Å²) in [7, 11) is 5.16. The van der Waals surface area contributed by atoms with Crippen LogP contribution in [0.5, 0.6) is 11.8 Å². The van der Waals surface area contributed by atoms with Gasteiger partial charge in [0, 0.05) is 56.1 Å². The second-order valence-electron chi connectivity index (χ2n) is 6.29. The van der Waals surface area contributed by atoms with Crippen molar-refractivity contribution in [1.29, 1.82) is 0 Å². The first kappa shape index (κ1) is 17.7. The molecule has 0 saturated carbocycles. The zero-order valence-corrected chi connectivity index (χ0v) is 15.1. The molecule has 1 fully saturated rings. The van der Waals surface area contributed by atoms with Gasteiger partial charge in [0.25, 0.3) is 0 Å². The zero-order chi connectivity index (χ0) is 17.6. The molecule has 2 aromatic rings. The molecular weight excluding hydrogens is 320 g/mol. The minimum absolute atomic E-state index is 0.103. The second kappa shape index (κ2) is 8.31. The smallest absolute Gasteiger partial charge is 0.220 e. The van der Waals surface area contributed by atoms with Crippen molar-refractivity contribution in [3.63, 3.8) is 0 Å². The Morgan fingerprint density at radius 1 is 1.32 bits per heavy atom. The first-order valence-electron chi connectivity index (χ1n) is 8.60. The van der Waals surface area contributed by atoms with Crippen LogP contribution in [0.4, 0.5) is 0 Å². The maximum absolute atomic E-state index is 6.02. The molecule has 0 amide bonds. The maximum atomic E-state index is 6.02. The van der Waals surface area contributed by atoms with E-state index in [1.807, 2.05) is 36.3 Å². The summed E-state index contributed by atoms with van der Waals surface area (Å²) in [6, 6.07) is 3.83. The molecule has 0 unspecified atom stereocenters. The molecule has 25 heavy (non-hydrogen) atoms. The highest BCUT2D eigenvalue weighted by Crippen LogP contribution is 2.33. The fourth-order valence-electron chi connectivity index (χ4n) is 3.28. The number of hydrogen-bond donors (Lipinski definition) is 1. The molecule has 7 nitrogen and oxygen atoms in total.